The van der Waals surface area contributed by atoms with Crippen LogP contribution in [0.2, 0.25) is 0 Å². The Morgan fingerprint density at radius 1 is 1.44 bits per heavy atom. The Labute approximate surface area is 102 Å². The number of carbonyl (C=O) groups excluding carboxylic acids is 2. The van der Waals surface area contributed by atoms with Crippen LogP contribution in [-0.2, 0) is 16.0 Å². The maximum absolute atomic E-state index is 11.2. The summed E-state index contributed by atoms with van der Waals surface area (Å²) in [7, 11) is 2.54. The van der Waals surface area contributed by atoms with Crippen LogP contribution in [0.4, 0.5) is 5.69 Å². The minimum Gasteiger partial charge on any atom is -0.496 e. The van der Waals surface area contributed by atoms with E-state index in [0.29, 0.717) is 11.8 Å². The van der Waals surface area contributed by atoms with Crippen molar-refractivity contribution in [3.63, 3.8) is 0 Å². The second-order valence-corrected chi connectivity index (χ2v) is 3.35. The normalized spacial score (nSPS) is 9.67. The van der Waals surface area contributed by atoms with Gasteiger partial charge in [-0.1, -0.05) is 0 Å². The van der Waals surface area contributed by atoms with E-state index in [-0.39, 0.29) is 23.4 Å². The molecular weight excluding hydrogens is 242 g/mol. The summed E-state index contributed by atoms with van der Waals surface area (Å²) >= 11 is 0. The summed E-state index contributed by atoms with van der Waals surface area (Å²) in [6.07, 6.45) is 0.233. The lowest BCUT2D eigenvalue weighted by atomic mass is 10.1. The molecule has 0 aliphatic heterocycles. The quantitative estimate of drug-likeness (QED) is 0.338. The molecule has 0 spiro atoms. The van der Waals surface area contributed by atoms with Gasteiger partial charge in [-0.2, -0.15) is 0 Å². The molecule has 0 heterocycles. The van der Waals surface area contributed by atoms with E-state index >= 15 is 0 Å². The van der Waals surface area contributed by atoms with Gasteiger partial charge in [-0.15, -0.1) is 0 Å². The summed E-state index contributed by atoms with van der Waals surface area (Å²) in [5.41, 5.74) is -0.118. The summed E-state index contributed by atoms with van der Waals surface area (Å²) in [6.45, 7) is 0. The van der Waals surface area contributed by atoms with Crippen molar-refractivity contribution in [2.75, 3.05) is 14.2 Å². The van der Waals surface area contributed by atoms with Gasteiger partial charge in [0.15, 0.2) is 6.29 Å². The third-order valence-electron chi connectivity index (χ3n) is 2.32. The topological polar surface area (TPSA) is 95.7 Å². The third-order valence-corrected chi connectivity index (χ3v) is 2.32. The molecule has 0 atom stereocenters. The van der Waals surface area contributed by atoms with Gasteiger partial charge in [0, 0.05) is 5.56 Å². The molecule has 18 heavy (non-hydrogen) atoms. The molecule has 0 bridgehead atoms. The Hall–Kier alpha value is -2.44. The van der Waals surface area contributed by atoms with Gasteiger partial charge in [0.25, 0.3) is 5.69 Å². The van der Waals surface area contributed by atoms with Crippen molar-refractivity contribution >= 4 is 17.9 Å². The van der Waals surface area contributed by atoms with Crippen LogP contribution in [0.25, 0.3) is 0 Å². The van der Waals surface area contributed by atoms with E-state index in [2.05, 4.69) is 4.74 Å². The van der Waals surface area contributed by atoms with E-state index in [1.165, 1.54) is 20.3 Å². The lowest BCUT2D eigenvalue weighted by Crippen LogP contribution is -2.07. The number of methoxy groups -OCH3 is 2. The molecule has 0 fully saturated rings. The van der Waals surface area contributed by atoms with Crippen molar-refractivity contribution in [2.45, 2.75) is 6.42 Å². The molecule has 0 amide bonds. The zero-order valence-corrected chi connectivity index (χ0v) is 9.84. The van der Waals surface area contributed by atoms with E-state index < -0.39 is 10.9 Å². The molecule has 1 aromatic carbocycles. The number of nitro benzene ring substituents is 1. The van der Waals surface area contributed by atoms with Crippen LogP contribution in [0, 0.1) is 10.1 Å². The Balaban J connectivity index is 3.30. The van der Waals surface area contributed by atoms with Gasteiger partial charge < -0.3 is 9.47 Å². The van der Waals surface area contributed by atoms with Gasteiger partial charge >= 0.3 is 5.97 Å². The number of aldehydes is 1. The minimum absolute atomic E-state index is 0.111. The zero-order chi connectivity index (χ0) is 13.7. The van der Waals surface area contributed by atoms with Crippen LogP contribution < -0.4 is 4.74 Å². The first kappa shape index (κ1) is 13.6. The average molecular weight is 253 g/mol. The van der Waals surface area contributed by atoms with Crippen LogP contribution in [-0.4, -0.2) is 31.4 Å². The highest BCUT2D eigenvalue weighted by Crippen LogP contribution is 2.28. The van der Waals surface area contributed by atoms with Crippen molar-refractivity contribution in [3.05, 3.63) is 33.4 Å². The van der Waals surface area contributed by atoms with Crippen molar-refractivity contribution in [3.8, 4) is 5.75 Å². The fourth-order valence-electron chi connectivity index (χ4n) is 1.44. The number of nitro groups is 1. The Morgan fingerprint density at radius 2 is 2.11 bits per heavy atom. The molecular formula is C11H11NO6. The Kier molecular flexibility index (Phi) is 4.36. The molecule has 0 N–H and O–H groups in total. The van der Waals surface area contributed by atoms with Gasteiger partial charge in [0.2, 0.25) is 0 Å². The largest absolute Gasteiger partial charge is 0.496 e. The van der Waals surface area contributed by atoms with E-state index in [4.69, 9.17) is 4.74 Å². The second-order valence-electron chi connectivity index (χ2n) is 3.35. The van der Waals surface area contributed by atoms with Crippen molar-refractivity contribution < 1.29 is 24.0 Å². The molecule has 7 nitrogen and oxygen atoms in total. The molecule has 0 aromatic heterocycles. The molecule has 0 saturated carbocycles. The van der Waals surface area contributed by atoms with E-state index in [9.17, 15) is 19.7 Å². The van der Waals surface area contributed by atoms with E-state index in [1.807, 2.05) is 0 Å². The Bertz CT molecular complexity index is 497. The summed E-state index contributed by atoms with van der Waals surface area (Å²) in [4.78, 5) is 32.0. The predicted molar refractivity (Wildman–Crippen MR) is 60.8 cm³/mol. The molecule has 0 unspecified atom stereocenters. The first-order valence-corrected chi connectivity index (χ1v) is 4.90. The van der Waals surface area contributed by atoms with Crippen LogP contribution in [0.15, 0.2) is 12.1 Å². The minimum atomic E-state index is -0.686. The zero-order valence-electron chi connectivity index (χ0n) is 9.84. The highest BCUT2D eigenvalue weighted by atomic mass is 16.6. The molecule has 96 valence electrons. The Morgan fingerprint density at radius 3 is 2.56 bits per heavy atom. The predicted octanol–water partition coefficient (Wildman–Crippen LogP) is 1.13. The third kappa shape index (κ3) is 2.82. The van der Waals surface area contributed by atoms with Crippen LogP contribution in [0.5, 0.6) is 5.75 Å². The number of rotatable bonds is 5. The first-order valence-electron chi connectivity index (χ1n) is 4.90. The number of carbonyl (C=O) groups is 2. The molecule has 0 aliphatic carbocycles. The first-order chi connectivity index (χ1) is 8.53. The maximum Gasteiger partial charge on any atom is 0.310 e. The lowest BCUT2D eigenvalue weighted by Gasteiger charge is -2.08. The second kappa shape index (κ2) is 5.76. The average Bonchev–Trinajstić information content (AvgIpc) is 2.37. The van der Waals surface area contributed by atoms with Crippen LogP contribution in [0.1, 0.15) is 15.9 Å². The number of esters is 1. The van der Waals surface area contributed by atoms with Gasteiger partial charge in [0.05, 0.1) is 37.2 Å². The molecule has 1 rings (SSSR count). The van der Waals surface area contributed by atoms with Gasteiger partial charge in [-0.3, -0.25) is 19.7 Å². The summed E-state index contributed by atoms with van der Waals surface area (Å²) in [5.74, 6) is -0.364. The number of benzene rings is 1. The van der Waals surface area contributed by atoms with E-state index in [1.54, 1.807) is 0 Å². The summed E-state index contributed by atoms with van der Waals surface area (Å²) in [5, 5.41) is 10.7. The summed E-state index contributed by atoms with van der Waals surface area (Å²) < 4.78 is 9.44. The fraction of sp³-hybridized carbons (Fsp3) is 0.273. The highest BCUT2D eigenvalue weighted by molar-refractivity contribution is 5.84. The van der Waals surface area contributed by atoms with Crippen molar-refractivity contribution in [1.29, 1.82) is 0 Å². The molecule has 0 saturated heterocycles. The molecule has 7 heteroatoms. The van der Waals surface area contributed by atoms with Gasteiger partial charge in [-0.25, -0.2) is 0 Å². The number of hydrogen-bond acceptors (Lipinski definition) is 6. The SMILES string of the molecule is COC(=O)Cc1cc(C=O)c([N+](=O)[O-])cc1OC. The van der Waals surface area contributed by atoms with Crippen LogP contribution >= 0.6 is 0 Å². The molecule has 0 aliphatic rings. The van der Waals surface area contributed by atoms with Crippen LogP contribution in [0.3, 0.4) is 0 Å². The summed E-state index contributed by atoms with van der Waals surface area (Å²) in [6, 6.07) is 2.36. The smallest absolute Gasteiger partial charge is 0.310 e. The van der Waals surface area contributed by atoms with E-state index in [0.717, 1.165) is 6.07 Å². The lowest BCUT2D eigenvalue weighted by molar-refractivity contribution is -0.385. The maximum atomic E-state index is 11.2. The molecule has 0 radical (unpaired) electrons. The monoisotopic (exact) mass is 253 g/mol. The van der Waals surface area contributed by atoms with Crippen molar-refractivity contribution in [1.82, 2.24) is 0 Å². The van der Waals surface area contributed by atoms with Gasteiger partial charge in [0.1, 0.15) is 5.75 Å². The highest BCUT2D eigenvalue weighted by Gasteiger charge is 2.19. The molecule has 1 aromatic rings. The number of nitrogens with zero attached hydrogens (tertiary/aromatic N) is 1. The standard InChI is InChI=1S/C11H11NO6/c1-17-10-5-9(12(15)16)8(6-13)3-7(10)4-11(14)18-2/h3,5-6H,4H2,1-2H3. The van der Waals surface area contributed by atoms with Crippen molar-refractivity contribution in [2.24, 2.45) is 0 Å². The number of ether oxygens (including phenoxy) is 2. The number of hydrogen-bond donors (Lipinski definition) is 0. The fourth-order valence-corrected chi connectivity index (χ4v) is 1.44. The van der Waals surface area contributed by atoms with Gasteiger partial charge in [-0.05, 0) is 6.07 Å².